The first kappa shape index (κ1) is 42.7. The number of esters is 1. The zero-order valence-electron chi connectivity index (χ0n) is 26.4. The third-order valence-corrected chi connectivity index (χ3v) is 11.8. The fourth-order valence-electron chi connectivity index (χ4n) is 4.11. The van der Waals surface area contributed by atoms with Crippen LogP contribution in [-0.4, -0.2) is 57.0 Å². The molecule has 0 amide bonds. The van der Waals surface area contributed by atoms with Crippen LogP contribution in [0, 0.1) is 0 Å². The number of nitrogens with zero attached hydrogens (tertiary/aromatic N) is 1. The van der Waals surface area contributed by atoms with E-state index in [0.717, 1.165) is 31.8 Å². The summed E-state index contributed by atoms with van der Waals surface area (Å²) >= 11 is 1.62. The summed E-state index contributed by atoms with van der Waals surface area (Å²) in [4.78, 5) is 17.7. The van der Waals surface area contributed by atoms with Crippen molar-refractivity contribution in [2.24, 2.45) is 0 Å². The number of rotatable bonds is 12. The fraction of sp³-hybridized carbons (Fsp3) is 0.278. The van der Waals surface area contributed by atoms with Crippen molar-refractivity contribution >= 4 is 59.5 Å². The van der Waals surface area contributed by atoms with Crippen LogP contribution in [0.5, 0.6) is 0 Å². The molecule has 0 aliphatic rings. The molecule has 0 saturated heterocycles. The fourth-order valence-corrected chi connectivity index (χ4v) is 9.07. The van der Waals surface area contributed by atoms with E-state index in [4.69, 9.17) is 15.2 Å². The van der Waals surface area contributed by atoms with Crippen molar-refractivity contribution in [1.82, 2.24) is 0 Å². The minimum Gasteiger partial charge on any atom is -0.656 e. The average Bonchev–Trinajstić information content (AvgIpc) is 3.14. The van der Waals surface area contributed by atoms with E-state index in [1.54, 1.807) is 24.2 Å². The maximum absolute atomic E-state index is 9.96. The number of halogens is 1. The molecule has 0 fully saturated rings. The molecule has 5 nitrogen and oxygen atoms in total. The number of carbonyl (C=O) groups is 1. The van der Waals surface area contributed by atoms with E-state index in [-0.39, 0.29) is 8.82 Å². The third kappa shape index (κ3) is 19.1. The van der Waals surface area contributed by atoms with Gasteiger partial charge in [0.25, 0.3) is 0 Å². The molecule has 0 saturated carbocycles. The van der Waals surface area contributed by atoms with Crippen LogP contribution in [0.2, 0.25) is 0 Å². The summed E-state index contributed by atoms with van der Waals surface area (Å²) in [5, 5.41) is 18.8. The molecule has 4 aromatic rings. The van der Waals surface area contributed by atoms with Crippen molar-refractivity contribution in [3.05, 3.63) is 127 Å². The summed E-state index contributed by atoms with van der Waals surface area (Å²) < 4.78 is 4.26. The summed E-state index contributed by atoms with van der Waals surface area (Å²) in [6.07, 6.45) is 3.64. The summed E-state index contributed by atoms with van der Waals surface area (Å²) in [5.74, 6) is -0.157. The predicted octanol–water partition coefficient (Wildman–Crippen LogP) is 6.69. The van der Waals surface area contributed by atoms with Crippen LogP contribution in [0.1, 0.15) is 29.5 Å². The second-order valence-corrected chi connectivity index (χ2v) is 14.5. The molecule has 0 atom stereocenters. The molecule has 9 heteroatoms. The Morgan fingerprint density at radius 1 is 0.711 bits per heavy atom. The van der Waals surface area contributed by atoms with E-state index in [1.807, 2.05) is 6.92 Å². The zero-order chi connectivity index (χ0) is 33.5. The summed E-state index contributed by atoms with van der Waals surface area (Å²) in [5.41, 5.74) is 0. The van der Waals surface area contributed by atoms with Crippen molar-refractivity contribution < 1.29 is 39.6 Å². The van der Waals surface area contributed by atoms with Crippen LogP contribution >= 0.6 is 25.5 Å². The van der Waals surface area contributed by atoms with Crippen molar-refractivity contribution in [3.63, 3.8) is 0 Å². The van der Waals surface area contributed by atoms with E-state index in [0.29, 0.717) is 13.0 Å². The number of hydrogen-bond acceptors (Lipinski definition) is 4. The van der Waals surface area contributed by atoms with Gasteiger partial charge in [-0.1, -0.05) is 86.6 Å². The number of hydrogen-bond donors (Lipinski definition) is 1. The Kier molecular flexibility index (Phi) is 28.8. The molecule has 248 valence electrons. The van der Waals surface area contributed by atoms with Gasteiger partial charge in [0, 0.05) is 28.2 Å². The first-order valence-electron chi connectivity index (χ1n) is 14.8. The topological polar surface area (TPSA) is 77.7 Å². The maximum Gasteiger partial charge on any atom is 0.0966 e. The first-order valence-corrected chi connectivity index (χ1v) is 20.6. The second-order valence-electron chi connectivity index (χ2n) is 9.25. The molecule has 0 bridgehead atoms. The van der Waals surface area contributed by atoms with Crippen molar-refractivity contribution in [2.75, 3.05) is 39.1 Å². The maximum atomic E-state index is 9.96. The van der Waals surface area contributed by atoms with Gasteiger partial charge in [-0.2, -0.15) is 0 Å². The summed E-state index contributed by atoms with van der Waals surface area (Å²) in [7, 11) is 4.41. The van der Waals surface area contributed by atoms with Gasteiger partial charge in [0.1, 0.15) is 0 Å². The third-order valence-electron chi connectivity index (χ3n) is 6.27. The number of benzene rings is 4. The summed E-state index contributed by atoms with van der Waals surface area (Å²) in [6.45, 7) is 9.14. The number of aliphatic hydroxyl groups is 1. The summed E-state index contributed by atoms with van der Waals surface area (Å²) in [6, 6.07) is 44.0. The molecule has 45 heavy (non-hydrogen) atoms. The molecule has 4 aromatic carbocycles. The Morgan fingerprint density at radius 2 is 0.978 bits per heavy atom. The molecule has 0 aliphatic carbocycles. The minimum absolute atomic E-state index is 0. The Bertz CT molecular complexity index is 1050. The first-order chi connectivity index (χ1) is 22.1. The van der Waals surface area contributed by atoms with E-state index < -0.39 is 15.8 Å². The molecule has 0 spiro atoms. The molecular formula is C36H52ClNO4P2Ru+2. The Labute approximate surface area is 290 Å². The molecule has 0 radical (unpaired) electrons. The predicted molar refractivity (Wildman–Crippen MR) is 202 cm³/mol. The molecular weight excluding hydrogens is 709 g/mol. The van der Waals surface area contributed by atoms with Gasteiger partial charge >= 0.3 is 33.0 Å². The average molecular weight is 761 g/mol. The quantitative estimate of drug-likeness (QED) is 0.0437. The molecule has 0 aromatic heterocycles. The largest absolute Gasteiger partial charge is 0.656 e. The number of ether oxygens (including phenoxy) is 1. The van der Waals surface area contributed by atoms with Gasteiger partial charge in [-0.25, -0.2) is 0 Å². The zero-order valence-corrected chi connectivity index (χ0v) is 31.1. The minimum atomic E-state index is -0.789. The van der Waals surface area contributed by atoms with Gasteiger partial charge in [-0.3, -0.25) is 11.6 Å². The van der Waals surface area contributed by atoms with E-state index in [2.05, 4.69) is 143 Å². The standard InChI is InChI=1S/C28H28NP2.C4H8O2.C3H8O.CHO.ClH.Ru.2H2.H/c1-5-13-25(14-6-1)30(26-15-7-2-8-16-26)23-21-29-22-24-31(27-17-9-3-10-18-27)28-19-11-4-12-20-28;1-3-4(5)6-2;1-2-3-4;1-2;;;;;/h1-20H,21-24H2;3H2,1-2H3;4H,2-3H2,1H3;1H;1H;;2*1H;/q-1;;;-1;;+3;;;/p+1. The van der Waals surface area contributed by atoms with Crippen LogP contribution in [-0.2, 0) is 31.6 Å². The van der Waals surface area contributed by atoms with E-state index >= 15 is 0 Å². The van der Waals surface area contributed by atoms with E-state index in [9.17, 15) is 4.79 Å². The van der Waals surface area contributed by atoms with Gasteiger partial charge in [0.15, 0.2) is 0 Å². The van der Waals surface area contributed by atoms with Gasteiger partial charge in [0.2, 0.25) is 0 Å². The SMILES string of the molecule is CCC(=O)OC.CCCO.[CH-]=O.[Cl][RuH+2].[HH].[HH].c1ccc([PH+](CC[N-]CC[PH+](c2ccccc2)c2ccccc2)c2ccccc2)cc1. The van der Waals surface area contributed by atoms with Crippen molar-refractivity contribution in [1.29, 1.82) is 0 Å². The monoisotopic (exact) mass is 761 g/mol. The molecule has 1 N–H and O–H groups in total. The molecule has 0 aliphatic heterocycles. The van der Waals surface area contributed by atoms with Crippen LogP contribution < -0.4 is 21.2 Å². The molecule has 0 heterocycles. The van der Waals surface area contributed by atoms with Gasteiger partial charge in [-0.15, -0.1) is 13.1 Å². The Morgan fingerprint density at radius 3 is 1.16 bits per heavy atom. The number of methoxy groups -OCH3 is 1. The normalized spacial score (nSPS) is 9.60. The van der Waals surface area contributed by atoms with Crippen molar-refractivity contribution in [2.45, 2.75) is 26.7 Å². The van der Waals surface area contributed by atoms with E-state index in [1.165, 1.54) is 28.3 Å². The molecule has 0 unspecified atom stereocenters. The van der Waals surface area contributed by atoms with Crippen LogP contribution in [0.3, 0.4) is 0 Å². The number of aliphatic hydroxyl groups excluding tert-OH is 1. The van der Waals surface area contributed by atoms with Crippen LogP contribution in [0.15, 0.2) is 121 Å². The van der Waals surface area contributed by atoms with Crippen LogP contribution in [0.25, 0.3) is 5.32 Å². The number of carbonyl (C=O) groups excluding carboxylic acids is 2. The van der Waals surface area contributed by atoms with Gasteiger partial charge in [-0.05, 0) is 55.0 Å². The van der Waals surface area contributed by atoms with Gasteiger partial charge < -0.3 is 20.0 Å². The Balaban J connectivity index is -0.00000104. The second kappa shape index (κ2) is 30.4. The Hall–Kier alpha value is -2.29. The smallest absolute Gasteiger partial charge is 0.0966 e. The van der Waals surface area contributed by atoms with Crippen LogP contribution in [0.4, 0.5) is 0 Å². The van der Waals surface area contributed by atoms with Gasteiger partial charge in [0.05, 0.1) is 44.2 Å². The van der Waals surface area contributed by atoms with Crippen molar-refractivity contribution in [3.8, 4) is 0 Å². The molecule has 4 rings (SSSR count).